The van der Waals surface area contributed by atoms with Gasteiger partial charge in [0.15, 0.2) is 0 Å². The Balaban J connectivity index is 1.55. The number of fused-ring (bicyclic) bond motifs is 5. The molecule has 2 N–H and O–H groups in total. The van der Waals surface area contributed by atoms with Gasteiger partial charge in [-0.3, -0.25) is 0 Å². The summed E-state index contributed by atoms with van der Waals surface area (Å²) >= 11 is 0. The maximum Gasteiger partial charge on any atom is 0.0648 e. The molecular weight excluding hydrogens is 344 g/mol. The van der Waals surface area contributed by atoms with Gasteiger partial charge in [0, 0.05) is 0 Å². The van der Waals surface area contributed by atoms with Crippen molar-refractivity contribution in [1.82, 2.24) is 0 Å². The van der Waals surface area contributed by atoms with E-state index in [2.05, 4.69) is 34.6 Å². The molecule has 0 aromatic rings. The van der Waals surface area contributed by atoms with Crippen molar-refractivity contribution in [3.05, 3.63) is 0 Å². The second-order valence-corrected chi connectivity index (χ2v) is 12.0. The molecule has 162 valence electrons. The summed E-state index contributed by atoms with van der Waals surface area (Å²) in [6.07, 6.45) is 13.2. The number of aliphatic hydroxyl groups is 2. The van der Waals surface area contributed by atoms with Crippen LogP contribution in [0.5, 0.6) is 0 Å². The molecule has 4 saturated carbocycles. The first-order chi connectivity index (χ1) is 13.2. The minimum absolute atomic E-state index is 0.128. The monoisotopic (exact) mass is 390 g/mol. The van der Waals surface area contributed by atoms with E-state index in [0.717, 1.165) is 49.4 Å². The van der Waals surface area contributed by atoms with Gasteiger partial charge in [0.1, 0.15) is 0 Å². The molecule has 0 radical (unpaired) electrons. The van der Waals surface area contributed by atoms with Gasteiger partial charge >= 0.3 is 0 Å². The summed E-state index contributed by atoms with van der Waals surface area (Å²) in [6.45, 7) is 11.8. The molecule has 4 rings (SSSR count). The second kappa shape index (κ2) is 7.26. The minimum Gasteiger partial charge on any atom is -0.393 e. The van der Waals surface area contributed by atoms with E-state index in [-0.39, 0.29) is 11.7 Å². The van der Waals surface area contributed by atoms with Crippen molar-refractivity contribution in [3.8, 4) is 0 Å². The number of rotatable bonds is 4. The zero-order valence-corrected chi connectivity index (χ0v) is 19.2. The van der Waals surface area contributed by atoms with Gasteiger partial charge in [-0.25, -0.2) is 0 Å². The fourth-order valence-corrected chi connectivity index (χ4v) is 9.19. The Labute approximate surface area is 173 Å². The highest BCUT2D eigenvalue weighted by Gasteiger charge is 2.61. The van der Waals surface area contributed by atoms with Crippen molar-refractivity contribution >= 4 is 0 Å². The smallest absolute Gasteiger partial charge is 0.0648 e. The third kappa shape index (κ3) is 3.03. The van der Waals surface area contributed by atoms with Gasteiger partial charge in [0.05, 0.1) is 11.7 Å². The van der Waals surface area contributed by atoms with Crippen molar-refractivity contribution in [2.75, 3.05) is 0 Å². The average molecular weight is 391 g/mol. The Kier molecular flexibility index (Phi) is 5.49. The van der Waals surface area contributed by atoms with Gasteiger partial charge in [0.2, 0.25) is 0 Å². The first-order valence-corrected chi connectivity index (χ1v) is 12.6. The molecule has 2 nitrogen and oxygen atoms in total. The summed E-state index contributed by atoms with van der Waals surface area (Å²) < 4.78 is 0. The molecule has 0 aromatic carbocycles. The average Bonchev–Trinajstić information content (AvgIpc) is 3.04. The summed E-state index contributed by atoms with van der Waals surface area (Å²) in [5, 5.41) is 21.5. The zero-order chi connectivity index (χ0) is 20.3. The molecular formula is C26H46O2. The van der Waals surface area contributed by atoms with Crippen molar-refractivity contribution in [2.45, 2.75) is 117 Å². The van der Waals surface area contributed by atoms with Crippen molar-refractivity contribution in [3.63, 3.8) is 0 Å². The molecule has 0 aliphatic heterocycles. The van der Waals surface area contributed by atoms with Crippen LogP contribution in [-0.2, 0) is 0 Å². The van der Waals surface area contributed by atoms with Gasteiger partial charge in [0.25, 0.3) is 0 Å². The van der Waals surface area contributed by atoms with E-state index >= 15 is 0 Å². The first-order valence-electron chi connectivity index (χ1n) is 12.6. The largest absolute Gasteiger partial charge is 0.393 e. The zero-order valence-electron chi connectivity index (χ0n) is 19.2. The Hall–Kier alpha value is -0.0800. The lowest BCUT2D eigenvalue weighted by molar-refractivity contribution is -0.154. The van der Waals surface area contributed by atoms with Crippen LogP contribution in [-0.4, -0.2) is 21.9 Å². The highest BCUT2D eigenvalue weighted by Crippen LogP contribution is 2.69. The van der Waals surface area contributed by atoms with Crippen LogP contribution >= 0.6 is 0 Å². The van der Waals surface area contributed by atoms with Gasteiger partial charge in [-0.2, -0.15) is 0 Å². The fourth-order valence-electron chi connectivity index (χ4n) is 9.19. The topological polar surface area (TPSA) is 40.5 Å². The summed E-state index contributed by atoms with van der Waals surface area (Å²) in [6, 6.07) is 0. The molecule has 1 unspecified atom stereocenters. The van der Waals surface area contributed by atoms with Crippen molar-refractivity contribution < 1.29 is 10.2 Å². The molecule has 4 fully saturated rings. The maximum atomic E-state index is 11.0. The molecule has 4 aliphatic rings. The number of hydrogen-bond acceptors (Lipinski definition) is 2. The van der Waals surface area contributed by atoms with Crippen LogP contribution in [0.1, 0.15) is 105 Å². The summed E-state index contributed by atoms with van der Waals surface area (Å²) in [5.74, 6) is 4.51. The van der Waals surface area contributed by atoms with Crippen LogP contribution in [0, 0.1) is 46.3 Å². The molecule has 28 heavy (non-hydrogen) atoms. The highest BCUT2D eigenvalue weighted by atomic mass is 16.3. The van der Waals surface area contributed by atoms with Gasteiger partial charge in [-0.1, -0.05) is 34.6 Å². The fraction of sp³-hybridized carbons (Fsp3) is 1.00. The molecule has 10 atom stereocenters. The van der Waals surface area contributed by atoms with E-state index in [4.69, 9.17) is 0 Å². The lowest BCUT2D eigenvalue weighted by Crippen LogP contribution is -2.56. The van der Waals surface area contributed by atoms with E-state index in [9.17, 15) is 10.2 Å². The minimum atomic E-state index is -0.385. The molecule has 4 aliphatic carbocycles. The molecule has 0 amide bonds. The van der Waals surface area contributed by atoms with Crippen LogP contribution in [0.4, 0.5) is 0 Å². The normalized spacial score (nSPS) is 53.0. The molecule has 0 saturated heterocycles. The Morgan fingerprint density at radius 1 is 0.893 bits per heavy atom. The third-order valence-electron chi connectivity index (χ3n) is 11.2. The predicted octanol–water partition coefficient (Wildman–Crippen LogP) is 6.19. The van der Waals surface area contributed by atoms with E-state index in [1.807, 2.05) is 0 Å². The van der Waals surface area contributed by atoms with Gasteiger partial charge in [-0.15, -0.1) is 0 Å². The number of aliphatic hydroxyl groups excluding tert-OH is 1. The van der Waals surface area contributed by atoms with E-state index < -0.39 is 0 Å². The van der Waals surface area contributed by atoms with Crippen LogP contribution in [0.3, 0.4) is 0 Å². The van der Waals surface area contributed by atoms with E-state index in [0.29, 0.717) is 22.7 Å². The van der Waals surface area contributed by atoms with Crippen LogP contribution < -0.4 is 0 Å². The van der Waals surface area contributed by atoms with Crippen molar-refractivity contribution in [2.24, 2.45) is 46.3 Å². The lowest BCUT2D eigenvalue weighted by Gasteiger charge is -2.62. The summed E-state index contributed by atoms with van der Waals surface area (Å²) in [5.41, 5.74) is 0.515. The Morgan fingerprint density at radius 3 is 2.29 bits per heavy atom. The van der Waals surface area contributed by atoms with Gasteiger partial charge in [-0.05, 0) is 117 Å². The molecule has 0 heterocycles. The number of hydrogen-bond donors (Lipinski definition) is 2. The predicted molar refractivity (Wildman–Crippen MR) is 116 cm³/mol. The van der Waals surface area contributed by atoms with Crippen molar-refractivity contribution in [1.29, 1.82) is 0 Å². The van der Waals surface area contributed by atoms with E-state index in [1.165, 1.54) is 44.9 Å². The SMILES string of the molecule is CCC(O)[C@@H](C)[C@H]1CC[C@H]2[C@@H]3CC[C@H]4C[C@](O)(CC)CC[C@]4(C)[C@H]3CC[C@]12C. The Bertz CT molecular complexity index is 575. The second-order valence-electron chi connectivity index (χ2n) is 12.0. The Morgan fingerprint density at radius 2 is 1.61 bits per heavy atom. The molecule has 0 bridgehead atoms. The maximum absolute atomic E-state index is 11.0. The highest BCUT2D eigenvalue weighted by molar-refractivity contribution is 5.11. The molecule has 0 aromatic heterocycles. The van der Waals surface area contributed by atoms with Crippen LogP contribution in [0.2, 0.25) is 0 Å². The summed E-state index contributed by atoms with van der Waals surface area (Å²) in [4.78, 5) is 0. The van der Waals surface area contributed by atoms with Crippen LogP contribution in [0.25, 0.3) is 0 Å². The first kappa shape index (κ1) is 21.2. The lowest BCUT2D eigenvalue weighted by atomic mass is 9.43. The van der Waals surface area contributed by atoms with E-state index in [1.54, 1.807) is 0 Å². The van der Waals surface area contributed by atoms with Crippen LogP contribution in [0.15, 0.2) is 0 Å². The standard InChI is InChI=1S/C26H46O2/c1-6-23(27)17(3)20-10-11-21-19-9-8-18-16-26(28,7-2)15-14-24(18,4)22(19)12-13-25(20,21)5/h17-23,27-28H,6-16H2,1-5H3/t17-,18-,19-,20+,21-,22-,23?,24-,25+,26-/m0/s1. The van der Waals surface area contributed by atoms with Gasteiger partial charge < -0.3 is 10.2 Å². The third-order valence-corrected chi connectivity index (χ3v) is 11.2. The molecule has 0 spiro atoms. The quantitative estimate of drug-likeness (QED) is 0.600. The molecule has 2 heteroatoms. The summed E-state index contributed by atoms with van der Waals surface area (Å²) in [7, 11) is 0.